The maximum atomic E-state index is 5.85. The molecule has 2 N–H and O–H groups in total. The molecule has 2 aliphatic rings. The fourth-order valence-electron chi connectivity index (χ4n) is 4.25. The molecular weight excluding hydrogens is 442 g/mol. The van der Waals surface area contributed by atoms with E-state index in [9.17, 15) is 0 Å². The number of anilines is 2. The van der Waals surface area contributed by atoms with Crippen molar-refractivity contribution in [2.45, 2.75) is 44.9 Å². The van der Waals surface area contributed by atoms with Gasteiger partial charge in [-0.25, -0.2) is 9.97 Å². The molecule has 0 saturated carbocycles. The molecule has 1 atom stereocenters. The summed E-state index contributed by atoms with van der Waals surface area (Å²) in [6.07, 6.45) is 12.6. The Morgan fingerprint density at radius 3 is 3.14 bits per heavy atom. The van der Waals surface area contributed by atoms with Crippen LogP contribution in [0.4, 0.5) is 11.6 Å². The molecule has 2 aliphatic heterocycles. The minimum absolute atomic E-state index is 0.0446. The van der Waals surface area contributed by atoms with Crippen molar-refractivity contribution in [3.05, 3.63) is 60.1 Å². The van der Waals surface area contributed by atoms with Gasteiger partial charge in [0.2, 0.25) is 0 Å². The fraction of sp³-hybridized carbons (Fsp3) is 0.385. The van der Waals surface area contributed by atoms with Gasteiger partial charge in [0, 0.05) is 37.0 Å². The summed E-state index contributed by atoms with van der Waals surface area (Å²) in [6.45, 7) is 2.11. The fourth-order valence-corrected chi connectivity index (χ4v) is 4.25. The van der Waals surface area contributed by atoms with Crippen LogP contribution in [0, 0.1) is 0 Å². The Morgan fingerprint density at radius 2 is 2.26 bits per heavy atom. The molecule has 0 spiro atoms. The van der Waals surface area contributed by atoms with E-state index in [1.165, 1.54) is 6.42 Å². The number of hydrazine groups is 2. The first-order chi connectivity index (χ1) is 17.3. The summed E-state index contributed by atoms with van der Waals surface area (Å²) in [6, 6.07) is 10.3. The van der Waals surface area contributed by atoms with E-state index in [0.717, 1.165) is 65.8 Å². The molecule has 0 bridgehead atoms. The van der Waals surface area contributed by atoms with E-state index in [0.29, 0.717) is 19.0 Å². The molecule has 9 heteroatoms. The number of rotatable bonds is 9. The van der Waals surface area contributed by atoms with Gasteiger partial charge >= 0.3 is 0 Å². The number of hydrogen-bond acceptors (Lipinski definition) is 9. The smallest absolute Gasteiger partial charge is 0.190 e. The largest absolute Gasteiger partial charge is 0.353 e. The molecule has 5 rings (SSSR count). The molecule has 3 aromatic rings. The lowest BCUT2D eigenvalue weighted by molar-refractivity contribution is -0.162. The van der Waals surface area contributed by atoms with Crippen LogP contribution in [-0.2, 0) is 16.0 Å². The van der Waals surface area contributed by atoms with Gasteiger partial charge in [-0.2, -0.15) is 0 Å². The standard InChI is InChI=1S/C26H31N7O2/c1-27-16-21(7-2-4-13-34-24-9-3-5-14-35-24)23-17-29-25-26(30-23)33(32-31-25)18-19-10-11-22-20(15-19)8-6-12-28-22/h6-8,10-12,15-17,24,32H,2-5,9,13-14,18H2,1H3,(H,29,31)/b21-7+,27-16?. The van der Waals surface area contributed by atoms with Crippen molar-refractivity contribution in [3.63, 3.8) is 0 Å². The number of fused-ring (bicyclic) bond motifs is 2. The zero-order valence-corrected chi connectivity index (χ0v) is 20.0. The average Bonchev–Trinajstić information content (AvgIpc) is 3.30. The minimum atomic E-state index is -0.0446. The average molecular weight is 474 g/mol. The van der Waals surface area contributed by atoms with Crippen molar-refractivity contribution in [3.8, 4) is 0 Å². The highest BCUT2D eigenvalue weighted by Gasteiger charge is 2.23. The van der Waals surface area contributed by atoms with Crippen molar-refractivity contribution in [2.24, 2.45) is 4.99 Å². The van der Waals surface area contributed by atoms with Gasteiger partial charge in [-0.1, -0.05) is 18.2 Å². The Labute approximate surface area is 205 Å². The van der Waals surface area contributed by atoms with Crippen LogP contribution < -0.4 is 16.0 Å². The van der Waals surface area contributed by atoms with Crippen LogP contribution in [0.3, 0.4) is 0 Å². The third kappa shape index (κ3) is 5.82. The van der Waals surface area contributed by atoms with Crippen molar-refractivity contribution < 1.29 is 9.47 Å². The molecule has 1 unspecified atom stereocenters. The van der Waals surface area contributed by atoms with Crippen molar-refractivity contribution in [1.82, 2.24) is 20.5 Å². The summed E-state index contributed by atoms with van der Waals surface area (Å²) in [5.74, 6) is 1.45. The Bertz CT molecular complexity index is 1210. The number of ether oxygens (including phenoxy) is 2. The highest BCUT2D eigenvalue weighted by atomic mass is 16.7. The van der Waals surface area contributed by atoms with Gasteiger partial charge in [0.25, 0.3) is 0 Å². The van der Waals surface area contributed by atoms with E-state index in [2.05, 4.69) is 50.2 Å². The minimum Gasteiger partial charge on any atom is -0.353 e. The Hall–Kier alpha value is -3.40. The van der Waals surface area contributed by atoms with Gasteiger partial charge < -0.3 is 9.47 Å². The lowest BCUT2D eigenvalue weighted by Crippen LogP contribution is -2.35. The monoisotopic (exact) mass is 473 g/mol. The Balaban J connectivity index is 1.25. The van der Waals surface area contributed by atoms with E-state index in [1.54, 1.807) is 13.2 Å². The van der Waals surface area contributed by atoms with E-state index >= 15 is 0 Å². The van der Waals surface area contributed by atoms with Crippen LogP contribution in [0.2, 0.25) is 0 Å². The Morgan fingerprint density at radius 1 is 1.29 bits per heavy atom. The maximum Gasteiger partial charge on any atom is 0.190 e. The normalized spacial score (nSPS) is 18.3. The number of hydrogen-bond donors (Lipinski definition) is 2. The SMILES string of the molecule is CN=C/C(=C\CCCOC1CCCCO1)c1cnc2c(n1)N(Cc1ccc3ncccc3c1)NN2. The quantitative estimate of drug-likeness (QED) is 0.351. The predicted molar refractivity (Wildman–Crippen MR) is 138 cm³/mol. The van der Waals surface area contributed by atoms with Crippen LogP contribution in [-0.4, -0.2) is 47.7 Å². The highest BCUT2D eigenvalue weighted by molar-refractivity contribution is 6.09. The summed E-state index contributed by atoms with van der Waals surface area (Å²) >= 11 is 0. The molecule has 1 saturated heterocycles. The van der Waals surface area contributed by atoms with E-state index < -0.39 is 0 Å². The van der Waals surface area contributed by atoms with Gasteiger partial charge in [-0.15, -0.1) is 5.53 Å². The molecular formula is C26H31N7O2. The summed E-state index contributed by atoms with van der Waals surface area (Å²) in [4.78, 5) is 18.1. The molecule has 1 aromatic carbocycles. The second-order valence-corrected chi connectivity index (χ2v) is 8.64. The van der Waals surface area contributed by atoms with E-state index in [4.69, 9.17) is 14.5 Å². The number of allylic oxidation sites excluding steroid dienone is 2. The number of nitrogens with one attached hydrogen (secondary N) is 2. The summed E-state index contributed by atoms with van der Waals surface area (Å²) in [5, 5.41) is 3.07. The summed E-state index contributed by atoms with van der Waals surface area (Å²) in [7, 11) is 1.77. The number of pyridine rings is 1. The van der Waals surface area contributed by atoms with Crippen LogP contribution in [0.25, 0.3) is 16.5 Å². The van der Waals surface area contributed by atoms with Crippen molar-refractivity contribution >= 4 is 34.3 Å². The van der Waals surface area contributed by atoms with E-state index in [1.807, 2.05) is 29.6 Å². The molecule has 9 nitrogen and oxygen atoms in total. The Kier molecular flexibility index (Phi) is 7.57. The topological polar surface area (TPSA) is 96.8 Å². The summed E-state index contributed by atoms with van der Waals surface area (Å²) in [5.41, 5.74) is 10.1. The first-order valence-electron chi connectivity index (χ1n) is 12.2. The first-order valence-corrected chi connectivity index (χ1v) is 12.2. The van der Waals surface area contributed by atoms with Gasteiger partial charge in [0.05, 0.1) is 30.6 Å². The van der Waals surface area contributed by atoms with Gasteiger partial charge in [0.15, 0.2) is 17.9 Å². The predicted octanol–water partition coefficient (Wildman–Crippen LogP) is 4.28. The second kappa shape index (κ2) is 11.4. The summed E-state index contributed by atoms with van der Waals surface area (Å²) < 4.78 is 11.5. The molecule has 0 radical (unpaired) electrons. The maximum absolute atomic E-state index is 5.85. The molecule has 0 amide bonds. The highest BCUT2D eigenvalue weighted by Crippen LogP contribution is 2.28. The number of nitrogens with zero attached hydrogens (tertiary/aromatic N) is 5. The lowest BCUT2D eigenvalue weighted by Gasteiger charge is -2.22. The van der Waals surface area contributed by atoms with Crippen molar-refractivity contribution in [1.29, 1.82) is 0 Å². The van der Waals surface area contributed by atoms with E-state index in [-0.39, 0.29) is 6.29 Å². The number of aromatic nitrogens is 3. The zero-order chi connectivity index (χ0) is 23.9. The number of benzene rings is 1. The molecule has 182 valence electrons. The third-order valence-corrected chi connectivity index (χ3v) is 6.05. The van der Waals surface area contributed by atoms with Crippen LogP contribution in [0.5, 0.6) is 0 Å². The third-order valence-electron chi connectivity index (χ3n) is 6.05. The zero-order valence-electron chi connectivity index (χ0n) is 20.0. The number of aliphatic imine (C=N–C) groups is 1. The van der Waals surface area contributed by atoms with Crippen LogP contribution >= 0.6 is 0 Å². The van der Waals surface area contributed by atoms with Gasteiger partial charge in [-0.05, 0) is 55.9 Å². The molecule has 2 aromatic heterocycles. The van der Waals surface area contributed by atoms with Gasteiger partial charge in [0.1, 0.15) is 0 Å². The van der Waals surface area contributed by atoms with Crippen molar-refractivity contribution in [2.75, 3.05) is 30.7 Å². The molecule has 4 heterocycles. The van der Waals surface area contributed by atoms with Crippen LogP contribution in [0.1, 0.15) is 43.4 Å². The van der Waals surface area contributed by atoms with Crippen LogP contribution in [0.15, 0.2) is 53.8 Å². The molecule has 0 aliphatic carbocycles. The second-order valence-electron chi connectivity index (χ2n) is 8.64. The first kappa shape index (κ1) is 23.3. The molecule has 1 fully saturated rings. The van der Waals surface area contributed by atoms with Gasteiger partial charge in [-0.3, -0.25) is 20.4 Å². The number of unbranched alkanes of at least 4 members (excludes halogenated alkanes) is 1. The molecule has 35 heavy (non-hydrogen) atoms. The lowest BCUT2D eigenvalue weighted by atomic mass is 10.1.